The maximum absolute atomic E-state index is 12.0. The predicted molar refractivity (Wildman–Crippen MR) is 92.4 cm³/mol. The number of carbonyl (C=O) groups is 1. The first-order valence-electron chi connectivity index (χ1n) is 8.60. The zero-order chi connectivity index (χ0) is 17.4. The van der Waals surface area contributed by atoms with Gasteiger partial charge in [0, 0.05) is 13.1 Å². The molecule has 2 rings (SSSR count). The Balaban J connectivity index is 1.74. The zero-order valence-corrected chi connectivity index (χ0v) is 14.5. The van der Waals surface area contributed by atoms with Crippen LogP contribution in [-0.4, -0.2) is 44.9 Å². The van der Waals surface area contributed by atoms with Crippen molar-refractivity contribution in [2.75, 3.05) is 26.8 Å². The Morgan fingerprint density at radius 1 is 1.38 bits per heavy atom. The molecule has 1 aliphatic rings. The van der Waals surface area contributed by atoms with Crippen LogP contribution < -0.4 is 20.5 Å². The number of benzene rings is 1. The third-order valence-electron chi connectivity index (χ3n) is 4.13. The standard InChI is InChI=1S/C18H28N2O4/c1-3-23-17-11-13(6-8-15(17)22-2)5-4-10-20-18(21)16-9-7-14(12-19)24-16/h6,8,11,14,16H,3-5,7,9-10,12,19H2,1-2H3,(H,20,21)/t14-,16+/m1/s1. The van der Waals surface area contributed by atoms with Gasteiger partial charge < -0.3 is 25.3 Å². The number of nitrogens with two attached hydrogens (primary N) is 1. The van der Waals surface area contributed by atoms with E-state index in [0.29, 0.717) is 19.7 Å². The van der Waals surface area contributed by atoms with Crippen LogP contribution in [0.4, 0.5) is 0 Å². The van der Waals surface area contributed by atoms with E-state index in [1.165, 1.54) is 0 Å². The molecule has 1 heterocycles. The molecule has 0 radical (unpaired) electrons. The summed E-state index contributed by atoms with van der Waals surface area (Å²) in [6.45, 7) is 3.65. The number of aryl methyl sites for hydroxylation is 1. The number of hydrogen-bond acceptors (Lipinski definition) is 5. The molecule has 0 spiro atoms. The second-order valence-corrected chi connectivity index (χ2v) is 5.87. The Morgan fingerprint density at radius 2 is 2.21 bits per heavy atom. The summed E-state index contributed by atoms with van der Waals surface area (Å²) in [6.07, 6.45) is 3.02. The van der Waals surface area contributed by atoms with Gasteiger partial charge in [0.25, 0.3) is 0 Å². The van der Waals surface area contributed by atoms with E-state index in [-0.39, 0.29) is 18.1 Å². The first kappa shape index (κ1) is 18.5. The molecule has 1 aromatic rings. The Hall–Kier alpha value is -1.79. The quantitative estimate of drug-likeness (QED) is 0.670. The molecule has 0 saturated carbocycles. The highest BCUT2D eigenvalue weighted by atomic mass is 16.5. The third-order valence-corrected chi connectivity index (χ3v) is 4.13. The molecule has 1 fully saturated rings. The largest absolute Gasteiger partial charge is 0.493 e. The molecule has 1 aromatic carbocycles. The molecule has 0 aliphatic carbocycles. The number of amides is 1. The highest BCUT2D eigenvalue weighted by Crippen LogP contribution is 2.28. The van der Waals surface area contributed by atoms with Crippen LogP contribution in [0.25, 0.3) is 0 Å². The van der Waals surface area contributed by atoms with Gasteiger partial charge in [-0.2, -0.15) is 0 Å². The van der Waals surface area contributed by atoms with Crippen molar-refractivity contribution in [1.82, 2.24) is 5.32 Å². The average molecular weight is 336 g/mol. The van der Waals surface area contributed by atoms with Gasteiger partial charge in [0.05, 0.1) is 19.8 Å². The molecule has 0 bridgehead atoms. The lowest BCUT2D eigenvalue weighted by molar-refractivity contribution is -0.131. The molecule has 1 amide bonds. The molecular formula is C18H28N2O4. The van der Waals surface area contributed by atoms with Gasteiger partial charge in [-0.15, -0.1) is 0 Å². The smallest absolute Gasteiger partial charge is 0.249 e. The highest BCUT2D eigenvalue weighted by Gasteiger charge is 2.29. The van der Waals surface area contributed by atoms with Crippen molar-refractivity contribution in [2.24, 2.45) is 5.73 Å². The maximum atomic E-state index is 12.0. The Kier molecular flexibility index (Phi) is 7.34. The summed E-state index contributed by atoms with van der Waals surface area (Å²) >= 11 is 0. The Morgan fingerprint density at radius 3 is 2.88 bits per heavy atom. The number of rotatable bonds is 9. The van der Waals surface area contributed by atoms with Gasteiger partial charge in [-0.05, 0) is 50.3 Å². The van der Waals surface area contributed by atoms with E-state index in [2.05, 4.69) is 5.32 Å². The van der Waals surface area contributed by atoms with Crippen LogP contribution in [0.3, 0.4) is 0 Å². The topological polar surface area (TPSA) is 82.8 Å². The van der Waals surface area contributed by atoms with E-state index >= 15 is 0 Å². The fraction of sp³-hybridized carbons (Fsp3) is 0.611. The van der Waals surface area contributed by atoms with Crippen LogP contribution in [0.15, 0.2) is 18.2 Å². The molecule has 1 aliphatic heterocycles. The molecule has 1 saturated heterocycles. The van der Waals surface area contributed by atoms with Crippen molar-refractivity contribution in [1.29, 1.82) is 0 Å². The normalized spacial score (nSPS) is 20.0. The molecule has 6 nitrogen and oxygen atoms in total. The Labute approximate surface area is 143 Å². The summed E-state index contributed by atoms with van der Waals surface area (Å²) < 4.78 is 16.4. The lowest BCUT2D eigenvalue weighted by Crippen LogP contribution is -2.36. The van der Waals surface area contributed by atoms with Crippen LogP contribution in [0, 0.1) is 0 Å². The van der Waals surface area contributed by atoms with E-state index in [4.69, 9.17) is 19.9 Å². The van der Waals surface area contributed by atoms with Crippen LogP contribution in [0.1, 0.15) is 31.7 Å². The van der Waals surface area contributed by atoms with Crippen molar-refractivity contribution < 1.29 is 19.0 Å². The summed E-state index contributed by atoms with van der Waals surface area (Å²) in [5.41, 5.74) is 6.72. The van der Waals surface area contributed by atoms with Crippen molar-refractivity contribution in [3.63, 3.8) is 0 Å². The summed E-state index contributed by atoms with van der Waals surface area (Å²) in [5, 5.41) is 2.94. The van der Waals surface area contributed by atoms with E-state index in [1.54, 1.807) is 7.11 Å². The number of nitrogens with one attached hydrogen (secondary N) is 1. The minimum Gasteiger partial charge on any atom is -0.493 e. The number of carbonyl (C=O) groups excluding carboxylic acids is 1. The van der Waals surface area contributed by atoms with Crippen LogP contribution in [0.5, 0.6) is 11.5 Å². The van der Waals surface area contributed by atoms with E-state index < -0.39 is 0 Å². The SMILES string of the molecule is CCOc1cc(CCCNC(=O)[C@@H]2CC[C@H](CN)O2)ccc1OC. The molecule has 0 aromatic heterocycles. The highest BCUT2D eigenvalue weighted by molar-refractivity contribution is 5.80. The fourth-order valence-electron chi connectivity index (χ4n) is 2.83. The van der Waals surface area contributed by atoms with Crippen LogP contribution in [0.2, 0.25) is 0 Å². The molecular weight excluding hydrogens is 308 g/mol. The lowest BCUT2D eigenvalue weighted by Gasteiger charge is -2.13. The Bertz CT molecular complexity index is 536. The lowest BCUT2D eigenvalue weighted by atomic mass is 10.1. The zero-order valence-electron chi connectivity index (χ0n) is 14.5. The summed E-state index contributed by atoms with van der Waals surface area (Å²) in [6, 6.07) is 5.93. The van der Waals surface area contributed by atoms with Crippen molar-refractivity contribution in [2.45, 2.75) is 44.8 Å². The molecule has 24 heavy (non-hydrogen) atoms. The molecule has 3 N–H and O–H groups in total. The van der Waals surface area contributed by atoms with Gasteiger partial charge in [0.1, 0.15) is 6.10 Å². The van der Waals surface area contributed by atoms with Gasteiger partial charge in [-0.1, -0.05) is 6.07 Å². The minimum atomic E-state index is -0.343. The van der Waals surface area contributed by atoms with Crippen molar-refractivity contribution in [3.05, 3.63) is 23.8 Å². The molecule has 6 heteroatoms. The first-order chi connectivity index (χ1) is 11.7. The second-order valence-electron chi connectivity index (χ2n) is 5.87. The second kappa shape index (κ2) is 9.49. The van der Waals surface area contributed by atoms with Crippen LogP contribution >= 0.6 is 0 Å². The number of methoxy groups -OCH3 is 1. The number of hydrogen-bond donors (Lipinski definition) is 2. The van der Waals surface area contributed by atoms with E-state index in [9.17, 15) is 4.79 Å². The summed E-state index contributed by atoms with van der Waals surface area (Å²) in [4.78, 5) is 12.0. The van der Waals surface area contributed by atoms with E-state index in [0.717, 1.165) is 42.7 Å². The first-order valence-corrected chi connectivity index (χ1v) is 8.60. The van der Waals surface area contributed by atoms with Gasteiger partial charge in [0.15, 0.2) is 11.5 Å². The average Bonchev–Trinajstić information content (AvgIpc) is 3.08. The predicted octanol–water partition coefficient (Wildman–Crippen LogP) is 1.65. The minimum absolute atomic E-state index is 0.0250. The molecule has 2 atom stereocenters. The monoisotopic (exact) mass is 336 g/mol. The van der Waals surface area contributed by atoms with Crippen molar-refractivity contribution in [3.8, 4) is 11.5 Å². The van der Waals surface area contributed by atoms with Crippen LogP contribution in [-0.2, 0) is 16.0 Å². The van der Waals surface area contributed by atoms with Crippen molar-refractivity contribution >= 4 is 5.91 Å². The van der Waals surface area contributed by atoms with E-state index in [1.807, 2.05) is 25.1 Å². The van der Waals surface area contributed by atoms with Gasteiger partial charge >= 0.3 is 0 Å². The molecule has 0 unspecified atom stereocenters. The molecule has 134 valence electrons. The van der Waals surface area contributed by atoms with Gasteiger partial charge in [-0.25, -0.2) is 0 Å². The van der Waals surface area contributed by atoms with Gasteiger partial charge in [-0.3, -0.25) is 4.79 Å². The number of ether oxygens (including phenoxy) is 3. The maximum Gasteiger partial charge on any atom is 0.249 e. The third kappa shape index (κ3) is 5.11. The van der Waals surface area contributed by atoms with Gasteiger partial charge in [0.2, 0.25) is 5.91 Å². The fourth-order valence-corrected chi connectivity index (χ4v) is 2.83. The summed E-state index contributed by atoms with van der Waals surface area (Å²) in [7, 11) is 1.63. The summed E-state index contributed by atoms with van der Waals surface area (Å²) in [5.74, 6) is 1.46.